The summed E-state index contributed by atoms with van der Waals surface area (Å²) in [5, 5.41) is 9.60. The minimum atomic E-state index is 0.771. The van der Waals surface area contributed by atoms with Gasteiger partial charge < -0.3 is 9.99 Å². The predicted octanol–water partition coefficient (Wildman–Crippen LogP) is 1.98. The number of aryl methyl sites for hydroxylation is 1. The highest BCUT2D eigenvalue weighted by molar-refractivity contribution is 7.98. The van der Waals surface area contributed by atoms with E-state index in [0.717, 1.165) is 41.1 Å². The van der Waals surface area contributed by atoms with Gasteiger partial charge in [-0.05, 0) is 25.0 Å². The van der Waals surface area contributed by atoms with Crippen molar-refractivity contribution in [3.63, 3.8) is 0 Å². The number of rotatable bonds is 4. The molecule has 0 saturated carbocycles. The fourth-order valence-electron chi connectivity index (χ4n) is 2.35. The van der Waals surface area contributed by atoms with Crippen LogP contribution in [-0.4, -0.2) is 19.7 Å². The minimum absolute atomic E-state index is 0.771. The Labute approximate surface area is 122 Å². The zero-order chi connectivity index (χ0) is 13.8. The van der Waals surface area contributed by atoms with Gasteiger partial charge in [0.25, 0.3) is 0 Å². The van der Waals surface area contributed by atoms with Gasteiger partial charge in [0.2, 0.25) is 0 Å². The highest BCUT2D eigenvalue weighted by Crippen LogP contribution is 2.24. The van der Waals surface area contributed by atoms with Gasteiger partial charge in [-0.25, -0.2) is 0 Å². The first kappa shape index (κ1) is 13.4. The Balaban J connectivity index is 1.70. The maximum absolute atomic E-state index is 5.41. The van der Waals surface area contributed by atoms with E-state index >= 15 is 0 Å². The number of fused-ring (bicyclic) bond motifs is 1. The van der Waals surface area contributed by atoms with Crippen LogP contribution < -0.4 is 11.3 Å². The Kier molecular flexibility index (Phi) is 4.17. The van der Waals surface area contributed by atoms with E-state index < -0.39 is 0 Å². The van der Waals surface area contributed by atoms with Crippen LogP contribution in [0.15, 0.2) is 23.5 Å². The molecular weight excluding hydrogens is 272 g/mol. The number of anilines is 1. The highest BCUT2D eigenvalue weighted by atomic mass is 32.2. The first-order valence-electron chi connectivity index (χ1n) is 6.83. The van der Waals surface area contributed by atoms with E-state index in [0.29, 0.717) is 0 Å². The summed E-state index contributed by atoms with van der Waals surface area (Å²) in [5.74, 6) is 7.30. The predicted molar refractivity (Wildman–Crippen MR) is 79.2 cm³/mol. The Morgan fingerprint density at radius 2 is 2.25 bits per heavy atom. The molecule has 0 atom stereocenters. The van der Waals surface area contributed by atoms with E-state index in [1.165, 1.54) is 19.3 Å². The summed E-state index contributed by atoms with van der Waals surface area (Å²) < 4.78 is 2.25. The summed E-state index contributed by atoms with van der Waals surface area (Å²) in [6, 6.07) is 3.80. The van der Waals surface area contributed by atoms with E-state index in [9.17, 15) is 0 Å². The van der Waals surface area contributed by atoms with Crippen molar-refractivity contribution < 1.29 is 0 Å². The van der Waals surface area contributed by atoms with Crippen LogP contribution in [0.4, 0.5) is 5.69 Å². The number of nitrogens with two attached hydrogens (primary N) is 1. The van der Waals surface area contributed by atoms with Gasteiger partial charge in [0.15, 0.2) is 5.16 Å². The van der Waals surface area contributed by atoms with E-state index in [2.05, 4.69) is 25.2 Å². The summed E-state index contributed by atoms with van der Waals surface area (Å²) in [6.45, 7) is 1.03. The Bertz CT molecular complexity index is 582. The van der Waals surface area contributed by atoms with Crippen molar-refractivity contribution >= 4 is 17.4 Å². The molecule has 3 rings (SSSR count). The first-order valence-corrected chi connectivity index (χ1v) is 7.82. The molecule has 1 aliphatic rings. The normalized spacial score (nSPS) is 14.7. The van der Waals surface area contributed by atoms with Gasteiger partial charge in [0.05, 0.1) is 11.4 Å². The molecule has 3 N–H and O–H groups in total. The van der Waals surface area contributed by atoms with Crippen LogP contribution in [0.3, 0.4) is 0 Å². The molecule has 3 heterocycles. The SMILES string of the molecule is NNc1ccnc(CSc2nnc3n2CCCCC3)c1. The van der Waals surface area contributed by atoms with Crippen molar-refractivity contribution in [1.82, 2.24) is 19.7 Å². The number of nitrogens with one attached hydrogen (secondary N) is 1. The number of hydrogen-bond acceptors (Lipinski definition) is 6. The third-order valence-electron chi connectivity index (χ3n) is 3.41. The average Bonchev–Trinajstić information content (AvgIpc) is 2.72. The van der Waals surface area contributed by atoms with Crippen molar-refractivity contribution in [3.8, 4) is 0 Å². The lowest BCUT2D eigenvalue weighted by Crippen LogP contribution is -2.07. The highest BCUT2D eigenvalue weighted by Gasteiger charge is 2.15. The molecule has 0 aliphatic carbocycles. The molecule has 0 spiro atoms. The van der Waals surface area contributed by atoms with Crippen LogP contribution in [0, 0.1) is 0 Å². The average molecular weight is 290 g/mol. The Morgan fingerprint density at radius 1 is 1.30 bits per heavy atom. The van der Waals surface area contributed by atoms with Crippen LogP contribution in [0.25, 0.3) is 0 Å². The number of hydrogen-bond donors (Lipinski definition) is 2. The molecule has 20 heavy (non-hydrogen) atoms. The van der Waals surface area contributed by atoms with Gasteiger partial charge in [0.1, 0.15) is 5.82 Å². The topological polar surface area (TPSA) is 81.7 Å². The molecule has 1 aliphatic heterocycles. The van der Waals surface area contributed by atoms with Gasteiger partial charge in [-0.2, -0.15) is 0 Å². The fourth-order valence-corrected chi connectivity index (χ4v) is 3.24. The van der Waals surface area contributed by atoms with Gasteiger partial charge in [-0.15, -0.1) is 10.2 Å². The van der Waals surface area contributed by atoms with Gasteiger partial charge >= 0.3 is 0 Å². The molecule has 6 nitrogen and oxygen atoms in total. The summed E-state index contributed by atoms with van der Waals surface area (Å²) in [6.07, 6.45) is 6.50. The molecule has 0 radical (unpaired) electrons. The maximum Gasteiger partial charge on any atom is 0.191 e. The summed E-state index contributed by atoms with van der Waals surface area (Å²) in [7, 11) is 0. The second kappa shape index (κ2) is 6.23. The molecule has 0 unspecified atom stereocenters. The Hall–Kier alpha value is -1.60. The summed E-state index contributed by atoms with van der Waals surface area (Å²) >= 11 is 1.68. The molecule has 106 valence electrons. The number of hydrazine groups is 1. The van der Waals surface area contributed by atoms with Gasteiger partial charge in [-0.1, -0.05) is 18.2 Å². The smallest absolute Gasteiger partial charge is 0.191 e. The lowest BCUT2D eigenvalue weighted by Gasteiger charge is -2.06. The minimum Gasteiger partial charge on any atom is -0.324 e. The number of nitrogens with zero attached hydrogens (tertiary/aromatic N) is 4. The molecule has 0 bridgehead atoms. The molecule has 0 saturated heterocycles. The lowest BCUT2D eigenvalue weighted by atomic mass is 10.2. The number of thioether (sulfide) groups is 1. The molecular formula is C13H18N6S. The zero-order valence-corrected chi connectivity index (χ0v) is 12.1. The van der Waals surface area contributed by atoms with Gasteiger partial charge in [0, 0.05) is 24.9 Å². The molecule has 2 aromatic rings. The standard InChI is InChI=1S/C13H18N6S/c14-16-10-5-6-15-11(8-10)9-20-13-18-17-12-4-2-1-3-7-19(12)13/h5-6,8H,1-4,7,9,14H2,(H,15,16). The fraction of sp³-hybridized carbons (Fsp3) is 0.462. The third-order valence-corrected chi connectivity index (χ3v) is 4.41. The van der Waals surface area contributed by atoms with Crippen molar-refractivity contribution in [3.05, 3.63) is 29.8 Å². The quantitative estimate of drug-likeness (QED) is 0.509. The zero-order valence-electron chi connectivity index (χ0n) is 11.2. The van der Waals surface area contributed by atoms with Crippen LogP contribution in [-0.2, 0) is 18.7 Å². The molecule has 2 aromatic heterocycles. The monoisotopic (exact) mass is 290 g/mol. The molecule has 0 aromatic carbocycles. The molecule has 0 amide bonds. The maximum atomic E-state index is 5.41. The van der Waals surface area contributed by atoms with Crippen molar-refractivity contribution in [1.29, 1.82) is 0 Å². The van der Waals surface area contributed by atoms with Crippen molar-refractivity contribution in [2.24, 2.45) is 5.84 Å². The summed E-state index contributed by atoms with van der Waals surface area (Å²) in [4.78, 5) is 4.34. The van der Waals surface area contributed by atoms with Crippen LogP contribution >= 0.6 is 11.8 Å². The Morgan fingerprint density at radius 3 is 3.15 bits per heavy atom. The number of nitrogen functional groups attached to an aromatic ring is 1. The molecule has 7 heteroatoms. The van der Waals surface area contributed by atoms with Crippen LogP contribution in [0.5, 0.6) is 0 Å². The number of aromatic nitrogens is 4. The second-order valence-corrected chi connectivity index (χ2v) is 5.77. The van der Waals surface area contributed by atoms with Crippen molar-refractivity contribution in [2.75, 3.05) is 5.43 Å². The van der Waals surface area contributed by atoms with Crippen LogP contribution in [0.2, 0.25) is 0 Å². The van der Waals surface area contributed by atoms with E-state index in [4.69, 9.17) is 5.84 Å². The van der Waals surface area contributed by atoms with Crippen LogP contribution in [0.1, 0.15) is 30.8 Å². The third kappa shape index (κ3) is 2.94. The van der Waals surface area contributed by atoms with E-state index in [1.54, 1.807) is 18.0 Å². The van der Waals surface area contributed by atoms with E-state index in [-0.39, 0.29) is 0 Å². The first-order chi connectivity index (χ1) is 9.86. The summed E-state index contributed by atoms with van der Waals surface area (Å²) in [5.41, 5.74) is 4.49. The van der Waals surface area contributed by atoms with E-state index in [1.807, 2.05) is 12.1 Å². The second-order valence-electron chi connectivity index (χ2n) is 4.83. The molecule has 0 fully saturated rings. The number of pyridine rings is 1. The van der Waals surface area contributed by atoms with Crippen molar-refractivity contribution in [2.45, 2.75) is 43.1 Å². The van der Waals surface area contributed by atoms with Gasteiger partial charge in [-0.3, -0.25) is 10.8 Å². The lowest BCUT2D eigenvalue weighted by molar-refractivity contribution is 0.591. The largest absolute Gasteiger partial charge is 0.324 e.